The van der Waals surface area contributed by atoms with Gasteiger partial charge in [-0.05, 0) is 42.9 Å². The molecule has 0 aromatic heterocycles. The second kappa shape index (κ2) is 2.36. The lowest BCUT2D eigenvalue weighted by Gasteiger charge is -2.29. The van der Waals surface area contributed by atoms with Crippen molar-refractivity contribution in [2.24, 2.45) is 17.3 Å². The number of fused-ring (bicyclic) bond motifs is 2. The molecule has 11 heavy (non-hydrogen) atoms. The number of rotatable bonds is 0. The van der Waals surface area contributed by atoms with Gasteiger partial charge in [0, 0.05) is 0 Å². The van der Waals surface area contributed by atoms with Gasteiger partial charge >= 0.3 is 0 Å². The summed E-state index contributed by atoms with van der Waals surface area (Å²) in [6.45, 7) is 4.90. The lowest BCUT2D eigenvalue weighted by molar-refractivity contribution is 0.213. The molecular formula is C11H18. The summed E-state index contributed by atoms with van der Waals surface area (Å²) in [6, 6.07) is 0. The highest BCUT2D eigenvalue weighted by molar-refractivity contribution is 5.05. The zero-order chi connectivity index (χ0) is 7.90. The summed E-state index contributed by atoms with van der Waals surface area (Å²) >= 11 is 0. The summed E-state index contributed by atoms with van der Waals surface area (Å²) in [4.78, 5) is 0. The van der Waals surface area contributed by atoms with E-state index in [1.165, 1.54) is 25.7 Å². The predicted octanol–water partition coefficient (Wildman–Crippen LogP) is 3.39. The van der Waals surface area contributed by atoms with E-state index in [-0.39, 0.29) is 0 Å². The van der Waals surface area contributed by atoms with Gasteiger partial charge in [-0.3, -0.25) is 0 Å². The molecule has 0 nitrogen and oxygen atoms in total. The molecule has 0 aromatic carbocycles. The third-order valence-electron chi connectivity index (χ3n) is 3.88. The van der Waals surface area contributed by atoms with Crippen molar-refractivity contribution in [3.63, 3.8) is 0 Å². The Morgan fingerprint density at radius 1 is 1.18 bits per heavy atom. The van der Waals surface area contributed by atoms with Crippen LogP contribution in [0.1, 0.15) is 39.5 Å². The zero-order valence-corrected chi connectivity index (χ0v) is 7.64. The van der Waals surface area contributed by atoms with Gasteiger partial charge in [0.15, 0.2) is 0 Å². The highest BCUT2D eigenvalue weighted by Crippen LogP contribution is 2.51. The number of allylic oxidation sites excluding steroid dienone is 2. The van der Waals surface area contributed by atoms with Crippen molar-refractivity contribution >= 4 is 0 Å². The van der Waals surface area contributed by atoms with Crippen LogP contribution in [0.25, 0.3) is 0 Å². The number of hydrogen-bond donors (Lipinski definition) is 0. The van der Waals surface area contributed by atoms with Crippen LogP contribution in [-0.2, 0) is 0 Å². The molecule has 2 aliphatic rings. The minimum Gasteiger partial charge on any atom is -0.0882 e. The molecular weight excluding hydrogens is 132 g/mol. The SMILES string of the molecule is CC1(C)[C@H]2CCC=C[C@@H]1CC2. The Bertz CT molecular complexity index is 176. The van der Waals surface area contributed by atoms with Crippen LogP contribution in [0.15, 0.2) is 12.2 Å². The van der Waals surface area contributed by atoms with E-state index in [0.717, 1.165) is 11.8 Å². The Morgan fingerprint density at radius 3 is 2.82 bits per heavy atom. The molecule has 1 saturated carbocycles. The fourth-order valence-corrected chi connectivity index (χ4v) is 2.85. The molecule has 2 aliphatic carbocycles. The summed E-state index contributed by atoms with van der Waals surface area (Å²) in [5.74, 6) is 1.89. The number of hydrogen-bond acceptors (Lipinski definition) is 0. The van der Waals surface area contributed by atoms with E-state index in [9.17, 15) is 0 Å². The van der Waals surface area contributed by atoms with E-state index in [1.807, 2.05) is 0 Å². The van der Waals surface area contributed by atoms with Crippen LogP contribution in [-0.4, -0.2) is 0 Å². The van der Waals surface area contributed by atoms with Gasteiger partial charge in [0.1, 0.15) is 0 Å². The predicted molar refractivity (Wildman–Crippen MR) is 48.4 cm³/mol. The third kappa shape index (κ3) is 1.04. The molecule has 62 valence electrons. The molecule has 0 radical (unpaired) electrons. The Labute approximate surface area is 69.7 Å². The minimum atomic E-state index is 0.604. The maximum Gasteiger partial charge on any atom is -0.0179 e. The molecule has 0 heterocycles. The van der Waals surface area contributed by atoms with Crippen molar-refractivity contribution < 1.29 is 0 Å². The van der Waals surface area contributed by atoms with Crippen LogP contribution in [0.4, 0.5) is 0 Å². The molecule has 2 atom stereocenters. The summed E-state index contributed by atoms with van der Waals surface area (Å²) in [7, 11) is 0. The average molecular weight is 150 g/mol. The van der Waals surface area contributed by atoms with Crippen molar-refractivity contribution in [1.29, 1.82) is 0 Å². The van der Waals surface area contributed by atoms with Crippen LogP contribution in [0.2, 0.25) is 0 Å². The fraction of sp³-hybridized carbons (Fsp3) is 0.818. The van der Waals surface area contributed by atoms with Gasteiger partial charge in [-0.15, -0.1) is 0 Å². The van der Waals surface area contributed by atoms with Crippen LogP contribution in [0.3, 0.4) is 0 Å². The Morgan fingerprint density at radius 2 is 2.00 bits per heavy atom. The smallest absolute Gasteiger partial charge is 0.0179 e. The van der Waals surface area contributed by atoms with E-state index in [4.69, 9.17) is 0 Å². The first-order valence-corrected chi connectivity index (χ1v) is 4.88. The van der Waals surface area contributed by atoms with Crippen LogP contribution >= 0.6 is 0 Å². The molecule has 1 fully saturated rings. The first-order chi connectivity index (χ1) is 5.21. The molecule has 0 amide bonds. The molecule has 0 aromatic rings. The van der Waals surface area contributed by atoms with Crippen LogP contribution < -0.4 is 0 Å². The van der Waals surface area contributed by atoms with Crippen molar-refractivity contribution in [3.05, 3.63) is 12.2 Å². The normalized spacial score (nSPS) is 40.5. The van der Waals surface area contributed by atoms with Crippen molar-refractivity contribution in [1.82, 2.24) is 0 Å². The van der Waals surface area contributed by atoms with Crippen molar-refractivity contribution in [2.45, 2.75) is 39.5 Å². The van der Waals surface area contributed by atoms with Gasteiger partial charge in [-0.2, -0.15) is 0 Å². The summed E-state index contributed by atoms with van der Waals surface area (Å²) in [5, 5.41) is 0. The lowest BCUT2D eigenvalue weighted by atomic mass is 9.75. The zero-order valence-electron chi connectivity index (χ0n) is 7.64. The minimum absolute atomic E-state index is 0.604. The first-order valence-electron chi connectivity index (χ1n) is 4.88. The summed E-state index contributed by atoms with van der Waals surface area (Å²) < 4.78 is 0. The topological polar surface area (TPSA) is 0 Å². The van der Waals surface area contributed by atoms with Crippen molar-refractivity contribution in [3.8, 4) is 0 Å². The average Bonchev–Trinajstić information content (AvgIpc) is 2.00. The van der Waals surface area contributed by atoms with Gasteiger partial charge in [0.2, 0.25) is 0 Å². The second-order valence-electron chi connectivity index (χ2n) is 4.71. The standard InChI is InChI=1S/C11H18/c1-11(2)9-5-3-4-6-10(11)8-7-9/h3,5,9-10H,4,6-8H2,1-2H3/t9-,10+/m1/s1. The highest BCUT2D eigenvalue weighted by atomic mass is 14.5. The van der Waals surface area contributed by atoms with E-state index in [1.54, 1.807) is 0 Å². The van der Waals surface area contributed by atoms with Gasteiger partial charge in [-0.1, -0.05) is 26.0 Å². The van der Waals surface area contributed by atoms with Gasteiger partial charge in [-0.25, -0.2) is 0 Å². The fourth-order valence-electron chi connectivity index (χ4n) is 2.85. The van der Waals surface area contributed by atoms with Gasteiger partial charge in [0.25, 0.3) is 0 Å². The monoisotopic (exact) mass is 150 g/mol. The lowest BCUT2D eigenvalue weighted by Crippen LogP contribution is -2.22. The second-order valence-corrected chi connectivity index (χ2v) is 4.71. The third-order valence-corrected chi connectivity index (χ3v) is 3.88. The maximum atomic E-state index is 2.47. The molecule has 2 rings (SSSR count). The largest absolute Gasteiger partial charge is 0.0882 e. The molecule has 0 spiro atoms. The van der Waals surface area contributed by atoms with E-state index < -0.39 is 0 Å². The molecule has 0 heteroatoms. The molecule has 0 unspecified atom stereocenters. The summed E-state index contributed by atoms with van der Waals surface area (Å²) in [6.07, 6.45) is 10.5. The van der Waals surface area contributed by atoms with Crippen LogP contribution in [0.5, 0.6) is 0 Å². The Balaban J connectivity index is 2.28. The van der Waals surface area contributed by atoms with E-state index in [2.05, 4.69) is 26.0 Å². The van der Waals surface area contributed by atoms with Crippen molar-refractivity contribution in [2.75, 3.05) is 0 Å². The molecule has 0 aliphatic heterocycles. The molecule has 0 saturated heterocycles. The first kappa shape index (κ1) is 7.39. The maximum absolute atomic E-state index is 2.47. The van der Waals surface area contributed by atoms with Crippen LogP contribution in [0, 0.1) is 17.3 Å². The molecule has 2 bridgehead atoms. The highest BCUT2D eigenvalue weighted by Gasteiger charge is 2.41. The Kier molecular flexibility index (Phi) is 1.59. The summed E-state index contributed by atoms with van der Waals surface area (Å²) in [5.41, 5.74) is 0.604. The molecule has 0 N–H and O–H groups in total. The quantitative estimate of drug-likeness (QED) is 0.464. The Hall–Kier alpha value is -0.260. The van der Waals surface area contributed by atoms with Gasteiger partial charge in [0.05, 0.1) is 0 Å². The van der Waals surface area contributed by atoms with E-state index >= 15 is 0 Å². The van der Waals surface area contributed by atoms with Gasteiger partial charge < -0.3 is 0 Å². The van der Waals surface area contributed by atoms with E-state index in [0.29, 0.717) is 5.41 Å².